The molecule has 0 atom stereocenters. The number of carbonyl (C=O) groups excluding carboxylic acids is 3. The summed E-state index contributed by atoms with van der Waals surface area (Å²) >= 11 is 5.90. The lowest BCUT2D eigenvalue weighted by Gasteiger charge is -2.11. The highest BCUT2D eigenvalue weighted by atomic mass is 35.5. The van der Waals surface area contributed by atoms with Gasteiger partial charge >= 0.3 is 0 Å². The molecule has 0 spiro atoms. The highest BCUT2D eigenvalue weighted by Gasteiger charge is 2.20. The lowest BCUT2D eigenvalue weighted by Crippen LogP contribution is -2.14. The molecule has 0 unspecified atom stereocenters. The third kappa shape index (κ3) is 3.73. The highest BCUT2D eigenvalue weighted by Crippen LogP contribution is 2.25. The molecule has 0 aliphatic rings. The SMILES string of the molecule is COc1ccc(C=O)c(C(=O)c2cc(Cl)cnc2NC(C)=O)c1. The topological polar surface area (TPSA) is 85.4 Å². The van der Waals surface area contributed by atoms with Gasteiger partial charge in [-0.15, -0.1) is 0 Å². The van der Waals surface area contributed by atoms with Crippen molar-refractivity contribution in [2.45, 2.75) is 6.92 Å². The van der Waals surface area contributed by atoms with Crippen molar-refractivity contribution in [1.29, 1.82) is 0 Å². The zero-order valence-electron chi connectivity index (χ0n) is 12.4. The van der Waals surface area contributed by atoms with Gasteiger partial charge in [0.25, 0.3) is 0 Å². The van der Waals surface area contributed by atoms with Crippen molar-refractivity contribution in [3.63, 3.8) is 0 Å². The Bertz CT molecular complexity index is 790. The van der Waals surface area contributed by atoms with Crippen LogP contribution in [0.15, 0.2) is 30.5 Å². The van der Waals surface area contributed by atoms with Gasteiger partial charge in [-0.1, -0.05) is 11.6 Å². The van der Waals surface area contributed by atoms with Gasteiger partial charge in [-0.05, 0) is 24.3 Å². The molecule has 23 heavy (non-hydrogen) atoms. The molecule has 2 rings (SSSR count). The number of methoxy groups -OCH3 is 1. The van der Waals surface area contributed by atoms with Crippen LogP contribution in [0.1, 0.15) is 33.2 Å². The molecule has 1 aromatic carbocycles. The second-order valence-electron chi connectivity index (χ2n) is 4.63. The molecule has 0 radical (unpaired) electrons. The lowest BCUT2D eigenvalue weighted by molar-refractivity contribution is -0.114. The number of ether oxygens (including phenoxy) is 1. The van der Waals surface area contributed by atoms with Crippen LogP contribution < -0.4 is 10.1 Å². The fourth-order valence-corrected chi connectivity index (χ4v) is 2.14. The maximum absolute atomic E-state index is 12.8. The van der Waals surface area contributed by atoms with Crippen LogP contribution in [0.4, 0.5) is 5.82 Å². The molecule has 0 saturated heterocycles. The van der Waals surface area contributed by atoms with Crippen LogP contribution in [-0.2, 0) is 4.79 Å². The number of halogens is 1. The predicted molar refractivity (Wildman–Crippen MR) is 85.4 cm³/mol. The second-order valence-corrected chi connectivity index (χ2v) is 5.07. The molecule has 1 N–H and O–H groups in total. The number of ketones is 1. The van der Waals surface area contributed by atoms with Crippen molar-refractivity contribution in [1.82, 2.24) is 4.98 Å². The van der Waals surface area contributed by atoms with Crippen LogP contribution >= 0.6 is 11.6 Å². The van der Waals surface area contributed by atoms with Crippen LogP contribution in [0.5, 0.6) is 5.75 Å². The quantitative estimate of drug-likeness (QED) is 0.672. The third-order valence-electron chi connectivity index (χ3n) is 3.03. The summed E-state index contributed by atoms with van der Waals surface area (Å²) in [4.78, 5) is 39.2. The van der Waals surface area contributed by atoms with Gasteiger partial charge in [0.15, 0.2) is 12.1 Å². The van der Waals surface area contributed by atoms with E-state index < -0.39 is 5.78 Å². The monoisotopic (exact) mass is 332 g/mol. The second kappa shape index (κ2) is 7.02. The number of carbonyl (C=O) groups is 3. The number of aldehydes is 1. The van der Waals surface area contributed by atoms with Crippen molar-refractivity contribution in [3.05, 3.63) is 52.2 Å². The standard InChI is InChI=1S/C16H13ClN2O4/c1-9(21)19-16-14(5-11(17)7-18-16)15(22)13-6-12(23-2)4-3-10(13)8-20/h3-8H,1-2H3,(H,18,19,21). The molecule has 0 saturated carbocycles. The molecule has 1 amide bonds. The summed E-state index contributed by atoms with van der Waals surface area (Å²) in [5.74, 6) is -0.374. The number of pyridine rings is 1. The maximum Gasteiger partial charge on any atom is 0.222 e. The van der Waals surface area contributed by atoms with Crippen LogP contribution in [0.25, 0.3) is 0 Å². The third-order valence-corrected chi connectivity index (χ3v) is 3.23. The Morgan fingerprint density at radius 2 is 2.00 bits per heavy atom. The smallest absolute Gasteiger partial charge is 0.222 e. The van der Waals surface area contributed by atoms with Gasteiger partial charge in [-0.25, -0.2) is 4.98 Å². The number of nitrogens with zero attached hydrogens (tertiary/aromatic N) is 1. The largest absolute Gasteiger partial charge is 0.497 e. The van der Waals surface area contributed by atoms with E-state index in [1.165, 1.54) is 38.4 Å². The molecule has 1 aromatic heterocycles. The molecule has 2 aromatic rings. The number of hydrogen-bond acceptors (Lipinski definition) is 5. The van der Waals surface area contributed by atoms with E-state index in [-0.39, 0.29) is 33.4 Å². The molecule has 118 valence electrons. The zero-order valence-corrected chi connectivity index (χ0v) is 13.2. The number of hydrogen-bond donors (Lipinski definition) is 1. The van der Waals surface area contributed by atoms with E-state index in [4.69, 9.17) is 16.3 Å². The summed E-state index contributed by atoms with van der Waals surface area (Å²) in [5, 5.41) is 2.70. The summed E-state index contributed by atoms with van der Waals surface area (Å²) in [7, 11) is 1.45. The first-order valence-corrected chi connectivity index (χ1v) is 6.95. The molecule has 0 aliphatic carbocycles. The van der Waals surface area contributed by atoms with Gasteiger partial charge in [0.2, 0.25) is 5.91 Å². The van der Waals surface area contributed by atoms with Crippen LogP contribution in [-0.4, -0.2) is 30.1 Å². The molecular weight excluding hydrogens is 320 g/mol. The van der Waals surface area contributed by atoms with E-state index >= 15 is 0 Å². The number of anilines is 1. The first-order valence-electron chi connectivity index (χ1n) is 6.57. The number of nitrogens with one attached hydrogen (secondary N) is 1. The van der Waals surface area contributed by atoms with Gasteiger partial charge in [0.05, 0.1) is 17.7 Å². The van der Waals surface area contributed by atoms with Crippen LogP contribution in [0, 0.1) is 0 Å². The zero-order chi connectivity index (χ0) is 17.0. The fraction of sp³-hybridized carbons (Fsp3) is 0.125. The van der Waals surface area contributed by atoms with E-state index in [0.717, 1.165) is 0 Å². The Morgan fingerprint density at radius 3 is 2.61 bits per heavy atom. The minimum absolute atomic E-state index is 0.0755. The van der Waals surface area contributed by atoms with Crippen molar-refractivity contribution in [2.24, 2.45) is 0 Å². The average Bonchev–Trinajstić information content (AvgIpc) is 2.54. The van der Waals surface area contributed by atoms with Crippen molar-refractivity contribution in [3.8, 4) is 5.75 Å². The molecule has 7 heteroatoms. The Labute approximate surface area is 137 Å². The molecule has 0 aliphatic heterocycles. The Hall–Kier alpha value is -2.73. The maximum atomic E-state index is 12.8. The minimum atomic E-state index is -0.496. The van der Waals surface area contributed by atoms with Gasteiger partial charge in [0.1, 0.15) is 11.6 Å². The molecule has 6 nitrogen and oxygen atoms in total. The Morgan fingerprint density at radius 1 is 1.26 bits per heavy atom. The number of benzene rings is 1. The first-order chi connectivity index (χ1) is 11.0. The summed E-state index contributed by atoms with van der Waals surface area (Å²) in [6.45, 7) is 1.30. The predicted octanol–water partition coefficient (Wildman–Crippen LogP) is 2.75. The van der Waals surface area contributed by atoms with Gasteiger partial charge in [-0.2, -0.15) is 0 Å². The molecule has 0 fully saturated rings. The van der Waals surface area contributed by atoms with Crippen LogP contribution in [0.3, 0.4) is 0 Å². The van der Waals surface area contributed by atoms with Crippen molar-refractivity contribution < 1.29 is 19.1 Å². The van der Waals surface area contributed by atoms with Crippen LogP contribution in [0.2, 0.25) is 5.02 Å². The van der Waals surface area contributed by atoms with Crippen molar-refractivity contribution >= 4 is 35.4 Å². The molecule has 1 heterocycles. The van der Waals surface area contributed by atoms with Gasteiger partial charge in [-0.3, -0.25) is 14.4 Å². The normalized spacial score (nSPS) is 10.0. The van der Waals surface area contributed by atoms with Crippen molar-refractivity contribution in [2.75, 3.05) is 12.4 Å². The average molecular weight is 333 g/mol. The lowest BCUT2D eigenvalue weighted by atomic mass is 9.99. The summed E-state index contributed by atoms with van der Waals surface area (Å²) < 4.78 is 5.08. The Kier molecular flexibility index (Phi) is 5.08. The number of rotatable bonds is 5. The fourth-order valence-electron chi connectivity index (χ4n) is 1.99. The van der Waals surface area contributed by atoms with E-state index in [2.05, 4.69) is 10.3 Å². The molecule has 0 bridgehead atoms. The summed E-state index contributed by atoms with van der Waals surface area (Å²) in [6.07, 6.45) is 1.89. The first kappa shape index (κ1) is 16.6. The van der Waals surface area contributed by atoms with E-state index in [9.17, 15) is 14.4 Å². The minimum Gasteiger partial charge on any atom is -0.497 e. The number of aromatic nitrogens is 1. The van der Waals surface area contributed by atoms with Gasteiger partial charge < -0.3 is 10.1 Å². The highest BCUT2D eigenvalue weighted by molar-refractivity contribution is 6.31. The van der Waals surface area contributed by atoms with E-state index in [0.29, 0.717) is 12.0 Å². The Balaban J connectivity index is 2.58. The van der Waals surface area contributed by atoms with E-state index in [1.807, 2.05) is 0 Å². The molecular formula is C16H13ClN2O4. The number of amides is 1. The van der Waals surface area contributed by atoms with E-state index in [1.54, 1.807) is 6.07 Å². The van der Waals surface area contributed by atoms with Gasteiger partial charge in [0, 0.05) is 24.2 Å². The summed E-state index contributed by atoms with van der Waals surface area (Å²) in [6, 6.07) is 5.89. The summed E-state index contributed by atoms with van der Waals surface area (Å²) in [5.41, 5.74) is 0.420.